The van der Waals surface area contributed by atoms with Crippen LogP contribution in [-0.4, -0.2) is 165 Å². The number of phenols is 4. The first kappa shape index (κ1) is 38.8. The molecule has 292 valence electrons. The molecule has 20 heteroatoms. The molecule has 20 nitrogen and oxygen atoms in total. The summed E-state index contributed by atoms with van der Waals surface area (Å²) >= 11 is 0. The van der Waals surface area contributed by atoms with E-state index < -0.39 is 122 Å². The predicted octanol–water partition coefficient (Wildman–Crippen LogP) is -2.56. The summed E-state index contributed by atoms with van der Waals surface area (Å²) in [5, 5.41) is 135. The maximum Gasteiger partial charge on any atom is 0.402 e. The lowest BCUT2D eigenvalue weighted by Crippen LogP contribution is -2.61. The second-order valence-corrected chi connectivity index (χ2v) is 13.1. The van der Waals surface area contributed by atoms with Crippen LogP contribution in [0.3, 0.4) is 0 Å². The summed E-state index contributed by atoms with van der Waals surface area (Å²) in [6.45, 7) is 2.23. The molecule has 3 saturated heterocycles. The average Bonchev–Trinajstić information content (AvgIpc) is 3.12. The Morgan fingerprint density at radius 2 is 1.08 bits per heavy atom. The molecule has 3 aliphatic rings. The molecule has 13 N–H and O–H groups in total. The van der Waals surface area contributed by atoms with Gasteiger partial charge < -0.3 is 94.8 Å². The fraction of sp³-hybridized carbons (Fsp3) is 0.545. The molecule has 2 aromatic carbocycles. The number of rotatable bonds is 8. The van der Waals surface area contributed by atoms with Crippen LogP contribution in [0.2, 0.25) is 0 Å². The quantitative estimate of drug-likeness (QED) is 0.0830. The molecule has 0 spiro atoms. The summed E-state index contributed by atoms with van der Waals surface area (Å²) in [4.78, 5) is 0. The molecule has 6 rings (SSSR count). The number of hydrogen-bond acceptors (Lipinski definition) is 19. The Bertz CT molecular complexity index is 1750. The van der Waals surface area contributed by atoms with Crippen LogP contribution in [0.25, 0.3) is 22.3 Å². The maximum atomic E-state index is 10.9. The molecular weight excluding hydrogens is 716 g/mol. The van der Waals surface area contributed by atoms with Crippen molar-refractivity contribution in [1.29, 1.82) is 0 Å². The minimum absolute atomic E-state index is 0.0121. The van der Waals surface area contributed by atoms with Gasteiger partial charge >= 0.3 is 11.3 Å². The van der Waals surface area contributed by atoms with E-state index in [0.29, 0.717) is 0 Å². The largest absolute Gasteiger partial charge is 0.507 e. The van der Waals surface area contributed by atoms with Gasteiger partial charge in [-0.1, -0.05) is 0 Å². The van der Waals surface area contributed by atoms with Crippen molar-refractivity contribution >= 4 is 11.0 Å². The Kier molecular flexibility index (Phi) is 11.1. The summed E-state index contributed by atoms with van der Waals surface area (Å²) in [5.74, 6) is -3.80. The van der Waals surface area contributed by atoms with E-state index in [1.807, 2.05) is 0 Å². The summed E-state index contributed by atoms with van der Waals surface area (Å²) in [5.41, 5.74) is -0.283. The van der Waals surface area contributed by atoms with Crippen molar-refractivity contribution in [2.45, 2.75) is 106 Å². The molecule has 3 fully saturated rings. The molecule has 4 heterocycles. The van der Waals surface area contributed by atoms with Gasteiger partial charge in [0.05, 0.1) is 30.4 Å². The Hall–Kier alpha value is -3.87. The fourth-order valence-electron chi connectivity index (χ4n) is 6.15. The second kappa shape index (κ2) is 15.1. The molecule has 0 aliphatic carbocycles. The number of fused-ring (bicyclic) bond motifs is 1. The Labute approximate surface area is 299 Å². The molecule has 3 aliphatic heterocycles. The van der Waals surface area contributed by atoms with Gasteiger partial charge in [-0.2, -0.15) is 0 Å². The van der Waals surface area contributed by atoms with E-state index >= 15 is 0 Å². The van der Waals surface area contributed by atoms with Gasteiger partial charge in [0, 0.05) is 24.3 Å². The van der Waals surface area contributed by atoms with Gasteiger partial charge in [0.25, 0.3) is 0 Å². The van der Waals surface area contributed by atoms with E-state index in [2.05, 4.69) is 0 Å². The predicted molar refractivity (Wildman–Crippen MR) is 171 cm³/mol. The number of aliphatic hydroxyl groups excluding tert-OH is 9. The van der Waals surface area contributed by atoms with E-state index in [1.165, 1.54) is 19.9 Å². The summed E-state index contributed by atoms with van der Waals surface area (Å²) < 4.78 is 40.0. The molecular formula is C33H41O20+. The van der Waals surface area contributed by atoms with Crippen LogP contribution in [-0.2, 0) is 18.9 Å². The van der Waals surface area contributed by atoms with Crippen LogP contribution in [0.5, 0.6) is 34.5 Å². The van der Waals surface area contributed by atoms with Crippen LogP contribution < -0.4 is 9.47 Å². The zero-order chi connectivity index (χ0) is 38.6. The van der Waals surface area contributed by atoms with Crippen LogP contribution in [0, 0.1) is 0 Å². The standard InChI is InChI=1S/C33H40O20/c1-9-20(37)24(41)27(44)31(48-9)47-8-19-23(40)26(43)29(46)33(53-19)52-18-7-13-16(50-30(18)11-3-14(35)22(39)15(36)4-11)5-12(34)6-17(13)51-32-28(45)25(42)21(38)10(2)49-32/h3-7,9-10,19-21,23-29,31-33,37-38,40-46H,8H2,1-2H3,(H3-,34,35,36,39)/p+1/t9-,10+,19+,20-,21-,23-,24-,25-,26-,27-,28+,29+,31+,32-,33+/m0/s1. The maximum absolute atomic E-state index is 10.9. The molecule has 15 atom stereocenters. The van der Waals surface area contributed by atoms with E-state index in [4.69, 9.17) is 32.8 Å². The monoisotopic (exact) mass is 757 g/mol. The van der Waals surface area contributed by atoms with Crippen LogP contribution in [0.4, 0.5) is 0 Å². The van der Waals surface area contributed by atoms with Crippen LogP contribution >= 0.6 is 0 Å². The van der Waals surface area contributed by atoms with Crippen LogP contribution in [0.15, 0.2) is 34.7 Å². The third-order valence-corrected chi connectivity index (χ3v) is 9.33. The number of aromatic hydroxyl groups is 4. The number of benzene rings is 2. The van der Waals surface area contributed by atoms with Gasteiger partial charge in [-0.05, 0) is 13.8 Å². The van der Waals surface area contributed by atoms with Gasteiger partial charge in [-0.3, -0.25) is 0 Å². The van der Waals surface area contributed by atoms with Crippen molar-refractivity contribution in [1.82, 2.24) is 0 Å². The minimum atomic E-state index is -1.96. The first-order chi connectivity index (χ1) is 25.0. The first-order valence-corrected chi connectivity index (χ1v) is 16.4. The molecule has 53 heavy (non-hydrogen) atoms. The van der Waals surface area contributed by atoms with Crippen molar-refractivity contribution in [2.24, 2.45) is 0 Å². The third kappa shape index (κ3) is 7.47. The number of hydrogen-bond donors (Lipinski definition) is 13. The third-order valence-electron chi connectivity index (χ3n) is 9.33. The average molecular weight is 758 g/mol. The van der Waals surface area contributed by atoms with Crippen molar-refractivity contribution in [2.75, 3.05) is 6.61 Å². The van der Waals surface area contributed by atoms with Gasteiger partial charge in [-0.25, -0.2) is 4.42 Å². The van der Waals surface area contributed by atoms with Crippen molar-refractivity contribution in [3.63, 3.8) is 0 Å². The zero-order valence-electron chi connectivity index (χ0n) is 27.9. The van der Waals surface area contributed by atoms with Crippen molar-refractivity contribution < 1.29 is 99.2 Å². The van der Waals surface area contributed by atoms with E-state index in [0.717, 1.165) is 24.3 Å². The van der Waals surface area contributed by atoms with E-state index in [1.54, 1.807) is 0 Å². The van der Waals surface area contributed by atoms with Crippen LogP contribution in [0.1, 0.15) is 13.8 Å². The summed E-state index contributed by atoms with van der Waals surface area (Å²) in [6, 6.07) is 5.39. The van der Waals surface area contributed by atoms with Crippen molar-refractivity contribution in [3.8, 4) is 45.8 Å². The van der Waals surface area contributed by atoms with Gasteiger partial charge in [0.2, 0.25) is 18.3 Å². The lowest BCUT2D eigenvalue weighted by Gasteiger charge is -2.42. The van der Waals surface area contributed by atoms with E-state index in [-0.39, 0.29) is 33.8 Å². The highest BCUT2D eigenvalue weighted by molar-refractivity contribution is 5.89. The second-order valence-electron chi connectivity index (χ2n) is 13.1. The normalized spacial score (nSPS) is 37.8. The van der Waals surface area contributed by atoms with Gasteiger partial charge in [0.1, 0.15) is 77.9 Å². The molecule has 0 radical (unpaired) electrons. The number of aliphatic hydroxyl groups is 9. The minimum Gasteiger partial charge on any atom is -0.507 e. The first-order valence-electron chi connectivity index (χ1n) is 16.4. The van der Waals surface area contributed by atoms with Crippen molar-refractivity contribution in [3.05, 3.63) is 30.3 Å². The number of phenolic OH excluding ortho intramolecular Hbond substituents is 4. The molecule has 0 amide bonds. The Morgan fingerprint density at radius 1 is 0.566 bits per heavy atom. The highest BCUT2D eigenvalue weighted by Gasteiger charge is 2.48. The lowest BCUT2D eigenvalue weighted by atomic mass is 9.98. The molecule has 0 saturated carbocycles. The molecule has 0 bridgehead atoms. The topological polar surface area (TPSA) is 330 Å². The van der Waals surface area contributed by atoms with E-state index in [9.17, 15) is 66.4 Å². The highest BCUT2D eigenvalue weighted by Crippen LogP contribution is 2.45. The lowest BCUT2D eigenvalue weighted by molar-refractivity contribution is -0.318. The SMILES string of the molecule is C[C@@H]1O[C@@H](OC[C@H]2O[C@@H](Oc3cc4c(O[C@@H]5O[C@H](C)[C@H](O)[C@H](O)[C@H]5O)cc(O)cc4[o+]c3-c3cc(O)c(O)c(O)c3)[C@H](O)[C@@H](O)[C@H]2O)[C@@H](O)[C@@H](O)[C@H]1O. The molecule has 0 unspecified atom stereocenters. The fourth-order valence-corrected chi connectivity index (χ4v) is 6.15. The zero-order valence-corrected chi connectivity index (χ0v) is 27.9. The molecule has 1 aromatic heterocycles. The summed E-state index contributed by atoms with van der Waals surface area (Å²) in [7, 11) is 0. The highest BCUT2D eigenvalue weighted by atomic mass is 16.7. The Morgan fingerprint density at radius 3 is 1.68 bits per heavy atom. The Balaban J connectivity index is 1.36. The molecule has 3 aromatic rings. The summed E-state index contributed by atoms with van der Waals surface area (Å²) in [6.07, 6.45) is -23.7. The number of ether oxygens (including phenoxy) is 6. The van der Waals surface area contributed by atoms with Gasteiger partial charge in [-0.15, -0.1) is 0 Å². The smallest absolute Gasteiger partial charge is 0.402 e. The van der Waals surface area contributed by atoms with Gasteiger partial charge in [0.15, 0.2) is 23.5 Å².